The van der Waals surface area contributed by atoms with Gasteiger partial charge in [-0.25, -0.2) is 4.98 Å². The van der Waals surface area contributed by atoms with E-state index in [1.807, 2.05) is 36.1 Å². The van der Waals surface area contributed by atoms with Crippen molar-refractivity contribution in [3.05, 3.63) is 53.2 Å². The Labute approximate surface area is 177 Å². The molecule has 0 spiro atoms. The minimum absolute atomic E-state index is 0.0143. The van der Waals surface area contributed by atoms with E-state index in [-0.39, 0.29) is 43.0 Å². The Morgan fingerprint density at radius 2 is 2.00 bits per heavy atom. The summed E-state index contributed by atoms with van der Waals surface area (Å²) in [5.74, 6) is 0.599. The number of nitrogens with zero attached hydrogens (tertiary/aromatic N) is 2. The lowest BCUT2D eigenvalue weighted by Crippen LogP contribution is -2.49. The molecule has 1 aliphatic heterocycles. The summed E-state index contributed by atoms with van der Waals surface area (Å²) in [5.41, 5.74) is 3.31. The molecule has 2 aromatic rings. The predicted octanol–water partition coefficient (Wildman–Crippen LogP) is 3.05. The van der Waals surface area contributed by atoms with Crippen molar-refractivity contribution in [1.29, 1.82) is 0 Å². The average Bonchev–Trinajstić information content (AvgIpc) is 2.72. The number of fused-ring (bicyclic) bond motifs is 1. The highest BCUT2D eigenvalue weighted by molar-refractivity contribution is 5.98. The van der Waals surface area contributed by atoms with Gasteiger partial charge in [0.05, 0.1) is 12.6 Å². The quantitative estimate of drug-likeness (QED) is 0.680. The smallest absolute Gasteiger partial charge is 0.251 e. The predicted molar refractivity (Wildman–Crippen MR) is 118 cm³/mol. The normalized spacial score (nSPS) is 20.4. The first-order chi connectivity index (χ1) is 14.4. The number of aliphatic hydroxyl groups excluding tert-OH is 1. The lowest BCUT2D eigenvalue weighted by Gasteiger charge is -2.45. The van der Waals surface area contributed by atoms with E-state index in [1.165, 1.54) is 0 Å². The van der Waals surface area contributed by atoms with Crippen molar-refractivity contribution in [2.75, 3.05) is 23.4 Å². The third kappa shape index (κ3) is 4.31. The van der Waals surface area contributed by atoms with Crippen LogP contribution in [0.3, 0.4) is 0 Å². The first-order valence-electron chi connectivity index (χ1n) is 10.4. The molecule has 0 fully saturated rings. The summed E-state index contributed by atoms with van der Waals surface area (Å²) in [6, 6.07) is 9.27. The molecule has 2 heterocycles. The van der Waals surface area contributed by atoms with Crippen molar-refractivity contribution in [3.8, 4) is 0 Å². The van der Waals surface area contributed by atoms with E-state index in [9.17, 15) is 9.59 Å². The van der Waals surface area contributed by atoms with Crippen LogP contribution >= 0.6 is 0 Å². The summed E-state index contributed by atoms with van der Waals surface area (Å²) >= 11 is 0. The van der Waals surface area contributed by atoms with Crippen molar-refractivity contribution in [3.63, 3.8) is 0 Å². The second-order valence-electron chi connectivity index (χ2n) is 7.82. The van der Waals surface area contributed by atoms with E-state index in [0.717, 1.165) is 29.1 Å². The van der Waals surface area contributed by atoms with E-state index in [2.05, 4.69) is 29.5 Å². The van der Waals surface area contributed by atoms with Gasteiger partial charge in [0.25, 0.3) is 5.91 Å². The molecule has 160 valence electrons. The summed E-state index contributed by atoms with van der Waals surface area (Å²) in [4.78, 5) is 31.3. The van der Waals surface area contributed by atoms with Gasteiger partial charge in [0.2, 0.25) is 5.91 Å². The molecule has 7 heteroatoms. The molecule has 0 unspecified atom stereocenters. The van der Waals surface area contributed by atoms with Gasteiger partial charge in [-0.15, -0.1) is 0 Å². The van der Waals surface area contributed by atoms with Gasteiger partial charge in [-0.3, -0.25) is 9.59 Å². The lowest BCUT2D eigenvalue weighted by atomic mass is 9.80. The van der Waals surface area contributed by atoms with Gasteiger partial charge in [0.1, 0.15) is 5.82 Å². The summed E-state index contributed by atoms with van der Waals surface area (Å²) < 4.78 is 0. The van der Waals surface area contributed by atoms with Crippen LogP contribution in [0.5, 0.6) is 0 Å². The van der Waals surface area contributed by atoms with Crippen LogP contribution in [0.4, 0.5) is 11.5 Å². The van der Waals surface area contributed by atoms with E-state index < -0.39 is 0 Å². The second-order valence-corrected chi connectivity index (χ2v) is 7.82. The zero-order valence-corrected chi connectivity index (χ0v) is 18.0. The molecule has 3 rings (SSSR count). The van der Waals surface area contributed by atoms with Crippen LogP contribution in [0.2, 0.25) is 0 Å². The van der Waals surface area contributed by atoms with Crippen LogP contribution in [0.1, 0.15) is 54.7 Å². The van der Waals surface area contributed by atoms with E-state index >= 15 is 0 Å². The number of aryl methyl sites for hydroxylation is 1. The molecular weight excluding hydrogens is 380 g/mol. The minimum Gasteiger partial charge on any atom is -0.395 e. The van der Waals surface area contributed by atoms with Gasteiger partial charge in [0.15, 0.2) is 0 Å². The minimum atomic E-state index is -0.251. The number of aliphatic hydroxyl groups is 1. The Kier molecular flexibility index (Phi) is 6.72. The number of pyridine rings is 1. The summed E-state index contributed by atoms with van der Waals surface area (Å²) in [7, 11) is 0. The largest absolute Gasteiger partial charge is 0.395 e. The van der Waals surface area contributed by atoms with Gasteiger partial charge < -0.3 is 20.6 Å². The van der Waals surface area contributed by atoms with Crippen LogP contribution in [0.25, 0.3) is 0 Å². The number of rotatable bonds is 6. The summed E-state index contributed by atoms with van der Waals surface area (Å²) in [5, 5.41) is 15.2. The van der Waals surface area contributed by atoms with Gasteiger partial charge in [-0.2, -0.15) is 0 Å². The van der Waals surface area contributed by atoms with Crippen molar-refractivity contribution in [2.24, 2.45) is 5.92 Å². The van der Waals surface area contributed by atoms with Gasteiger partial charge >= 0.3 is 0 Å². The van der Waals surface area contributed by atoms with Crippen LogP contribution < -0.4 is 15.5 Å². The Hall–Kier alpha value is -2.93. The zero-order valence-electron chi connectivity index (χ0n) is 18.0. The highest BCUT2D eigenvalue weighted by Crippen LogP contribution is 2.43. The molecule has 0 saturated carbocycles. The summed E-state index contributed by atoms with van der Waals surface area (Å²) in [6.07, 6.45) is 2.59. The number of carbonyl (C=O) groups is 2. The van der Waals surface area contributed by atoms with Gasteiger partial charge in [-0.1, -0.05) is 13.8 Å². The Morgan fingerprint density at radius 1 is 1.23 bits per heavy atom. The van der Waals surface area contributed by atoms with E-state index in [4.69, 9.17) is 5.11 Å². The number of hydrogen-bond acceptors (Lipinski definition) is 5. The molecule has 30 heavy (non-hydrogen) atoms. The third-order valence-electron chi connectivity index (χ3n) is 5.72. The molecule has 1 aromatic carbocycles. The molecular formula is C23H30N4O3. The maximum atomic E-state index is 12.5. The maximum absolute atomic E-state index is 12.5. The van der Waals surface area contributed by atoms with Crippen molar-refractivity contribution < 1.29 is 14.7 Å². The Balaban J connectivity index is 2.08. The fourth-order valence-corrected chi connectivity index (χ4v) is 4.30. The molecule has 3 atom stereocenters. The van der Waals surface area contributed by atoms with Crippen LogP contribution in [-0.4, -0.2) is 41.1 Å². The zero-order chi connectivity index (χ0) is 21.8. The number of anilines is 2. The number of hydrogen-bond donors (Lipinski definition) is 3. The monoisotopic (exact) mass is 410 g/mol. The fourth-order valence-electron chi connectivity index (χ4n) is 4.30. The standard InChI is InChI=1S/C23H30N4O3/c1-5-19-15(3)22(26-21-12-14(2)8-9-24-21)18-13-17(23(30)25-10-11-28)6-7-20(18)27(19)16(4)29/h6-9,12-13,15,19,22,28H,5,10-11H2,1-4H3,(H,24,26)(H,25,30)/t15-,19-,22+/m0/s1. The highest BCUT2D eigenvalue weighted by atomic mass is 16.3. The molecule has 0 radical (unpaired) electrons. The third-order valence-corrected chi connectivity index (χ3v) is 5.72. The maximum Gasteiger partial charge on any atom is 0.251 e. The first kappa shape index (κ1) is 21.8. The second kappa shape index (κ2) is 9.26. The van der Waals surface area contributed by atoms with Gasteiger partial charge in [-0.05, 0) is 54.8 Å². The highest BCUT2D eigenvalue weighted by Gasteiger charge is 2.40. The Bertz CT molecular complexity index is 930. The number of amides is 2. The molecule has 1 aromatic heterocycles. The topological polar surface area (TPSA) is 94.6 Å². The first-order valence-corrected chi connectivity index (χ1v) is 10.4. The number of carbonyl (C=O) groups excluding carboxylic acids is 2. The Morgan fingerprint density at radius 3 is 2.63 bits per heavy atom. The average molecular weight is 411 g/mol. The van der Waals surface area contributed by atoms with Crippen LogP contribution in [-0.2, 0) is 4.79 Å². The van der Waals surface area contributed by atoms with E-state index in [1.54, 1.807) is 19.2 Å². The molecule has 1 aliphatic rings. The van der Waals surface area contributed by atoms with Gasteiger partial charge in [0, 0.05) is 42.9 Å². The van der Waals surface area contributed by atoms with Crippen molar-refractivity contribution in [2.45, 2.75) is 46.2 Å². The SMILES string of the molecule is CC[C@H]1[C@H](C)[C@@H](Nc2cc(C)ccn2)c2cc(C(=O)NCCO)ccc2N1C(C)=O. The summed E-state index contributed by atoms with van der Waals surface area (Å²) in [6.45, 7) is 7.88. The number of aromatic nitrogens is 1. The molecule has 2 amide bonds. The number of nitrogens with one attached hydrogen (secondary N) is 2. The molecule has 0 aliphatic carbocycles. The lowest BCUT2D eigenvalue weighted by molar-refractivity contribution is -0.117. The van der Waals surface area contributed by atoms with Crippen molar-refractivity contribution in [1.82, 2.24) is 10.3 Å². The fraction of sp³-hybridized carbons (Fsp3) is 0.435. The molecule has 7 nitrogen and oxygen atoms in total. The van der Waals surface area contributed by atoms with E-state index in [0.29, 0.717) is 5.56 Å². The molecule has 0 saturated heterocycles. The number of benzene rings is 1. The van der Waals surface area contributed by atoms with Crippen molar-refractivity contribution >= 4 is 23.3 Å². The van der Waals surface area contributed by atoms with Crippen LogP contribution in [0.15, 0.2) is 36.5 Å². The van der Waals surface area contributed by atoms with Crippen LogP contribution in [0, 0.1) is 12.8 Å². The molecule has 0 bridgehead atoms. The molecule has 3 N–H and O–H groups in total.